The molecular weight excluding hydrogens is 316 g/mol. The summed E-state index contributed by atoms with van der Waals surface area (Å²) >= 11 is 0. The van der Waals surface area contributed by atoms with Crippen molar-refractivity contribution in [2.24, 2.45) is 5.73 Å². The number of nitrogens with two attached hydrogens (primary N) is 1. The van der Waals surface area contributed by atoms with E-state index in [0.29, 0.717) is 34.7 Å². The SMILES string of the molecule is C=C(Nc1c(C(N)=O)oc2c(OCC)cccc12)c1ccc(C)cc1. The lowest BCUT2D eigenvalue weighted by Gasteiger charge is -2.10. The fraction of sp³-hybridized carbons (Fsp3) is 0.150. The average molecular weight is 336 g/mol. The molecule has 0 radical (unpaired) electrons. The van der Waals surface area contributed by atoms with Gasteiger partial charge in [0.1, 0.15) is 0 Å². The smallest absolute Gasteiger partial charge is 0.286 e. The van der Waals surface area contributed by atoms with Gasteiger partial charge in [0.25, 0.3) is 5.91 Å². The van der Waals surface area contributed by atoms with Gasteiger partial charge in [0.2, 0.25) is 5.76 Å². The van der Waals surface area contributed by atoms with Crippen LogP contribution in [0.15, 0.2) is 53.5 Å². The number of primary amides is 1. The Morgan fingerprint density at radius 2 is 1.96 bits per heavy atom. The van der Waals surface area contributed by atoms with E-state index in [4.69, 9.17) is 14.9 Å². The highest BCUT2D eigenvalue weighted by Gasteiger charge is 2.21. The van der Waals surface area contributed by atoms with E-state index in [9.17, 15) is 4.79 Å². The molecule has 128 valence electrons. The Hall–Kier alpha value is -3.21. The second-order valence-corrected chi connectivity index (χ2v) is 5.71. The summed E-state index contributed by atoms with van der Waals surface area (Å²) < 4.78 is 11.3. The first-order valence-corrected chi connectivity index (χ1v) is 8.02. The first-order valence-electron chi connectivity index (χ1n) is 8.02. The molecule has 3 rings (SSSR count). The van der Waals surface area contributed by atoms with Crippen molar-refractivity contribution in [1.29, 1.82) is 0 Å². The molecule has 2 aromatic carbocycles. The van der Waals surface area contributed by atoms with Crippen LogP contribution in [0.25, 0.3) is 16.7 Å². The number of aryl methyl sites for hydroxylation is 1. The molecule has 0 spiro atoms. The highest BCUT2D eigenvalue weighted by atomic mass is 16.5. The number of rotatable bonds is 6. The number of amides is 1. The van der Waals surface area contributed by atoms with Crippen LogP contribution in [0.3, 0.4) is 0 Å². The summed E-state index contributed by atoms with van der Waals surface area (Å²) in [5.74, 6) is -0.0373. The number of nitrogens with one attached hydrogen (secondary N) is 1. The summed E-state index contributed by atoms with van der Waals surface area (Å²) in [5.41, 5.74) is 9.19. The van der Waals surface area contributed by atoms with Crippen molar-refractivity contribution >= 4 is 28.3 Å². The van der Waals surface area contributed by atoms with Crippen LogP contribution < -0.4 is 15.8 Å². The van der Waals surface area contributed by atoms with Gasteiger partial charge in [0.15, 0.2) is 11.3 Å². The topological polar surface area (TPSA) is 77.5 Å². The number of para-hydroxylation sites is 1. The van der Waals surface area contributed by atoms with Crippen LogP contribution in [-0.2, 0) is 0 Å². The average Bonchev–Trinajstić information content (AvgIpc) is 2.96. The Kier molecular flexibility index (Phi) is 4.48. The van der Waals surface area contributed by atoms with Gasteiger partial charge in [-0.05, 0) is 31.5 Å². The minimum Gasteiger partial charge on any atom is -0.490 e. The van der Waals surface area contributed by atoms with Gasteiger partial charge in [-0.25, -0.2) is 0 Å². The summed E-state index contributed by atoms with van der Waals surface area (Å²) in [4.78, 5) is 11.8. The maximum absolute atomic E-state index is 11.8. The highest BCUT2D eigenvalue weighted by Crippen LogP contribution is 2.37. The number of hydrogen-bond acceptors (Lipinski definition) is 4. The van der Waals surface area contributed by atoms with Gasteiger partial charge in [0, 0.05) is 11.1 Å². The van der Waals surface area contributed by atoms with Crippen molar-refractivity contribution in [2.75, 3.05) is 11.9 Å². The van der Waals surface area contributed by atoms with Crippen molar-refractivity contribution in [3.63, 3.8) is 0 Å². The molecule has 0 bridgehead atoms. The molecule has 0 saturated carbocycles. The Morgan fingerprint density at radius 3 is 2.60 bits per heavy atom. The molecule has 3 N–H and O–H groups in total. The van der Waals surface area contributed by atoms with Crippen LogP contribution in [0.1, 0.15) is 28.6 Å². The third kappa shape index (κ3) is 3.21. The van der Waals surface area contributed by atoms with E-state index >= 15 is 0 Å². The van der Waals surface area contributed by atoms with Crippen molar-refractivity contribution in [2.45, 2.75) is 13.8 Å². The molecule has 1 amide bonds. The second kappa shape index (κ2) is 6.73. The monoisotopic (exact) mass is 336 g/mol. The van der Waals surface area contributed by atoms with Crippen LogP contribution in [0.2, 0.25) is 0 Å². The van der Waals surface area contributed by atoms with Crippen molar-refractivity contribution in [1.82, 2.24) is 0 Å². The number of carbonyl (C=O) groups excluding carboxylic acids is 1. The Bertz CT molecular complexity index is 939. The molecule has 25 heavy (non-hydrogen) atoms. The Balaban J connectivity index is 2.06. The molecule has 5 nitrogen and oxygen atoms in total. The third-order valence-corrected chi connectivity index (χ3v) is 3.88. The van der Waals surface area contributed by atoms with Crippen LogP contribution in [0.5, 0.6) is 5.75 Å². The molecule has 0 atom stereocenters. The van der Waals surface area contributed by atoms with E-state index in [0.717, 1.165) is 11.1 Å². The Labute approximate surface area is 146 Å². The maximum atomic E-state index is 11.8. The number of carbonyl (C=O) groups is 1. The summed E-state index contributed by atoms with van der Waals surface area (Å²) in [6.07, 6.45) is 0. The molecule has 5 heteroatoms. The predicted octanol–water partition coefficient (Wildman–Crippen LogP) is 4.32. The van der Waals surface area contributed by atoms with Gasteiger partial charge in [0.05, 0.1) is 12.3 Å². The molecule has 0 saturated heterocycles. The molecule has 3 aromatic rings. The largest absolute Gasteiger partial charge is 0.490 e. The minimum atomic E-state index is -0.655. The Morgan fingerprint density at radius 1 is 1.24 bits per heavy atom. The fourth-order valence-corrected chi connectivity index (χ4v) is 2.64. The van der Waals surface area contributed by atoms with E-state index in [-0.39, 0.29) is 5.76 Å². The van der Waals surface area contributed by atoms with Crippen LogP contribution in [-0.4, -0.2) is 12.5 Å². The molecular formula is C20H20N2O3. The van der Waals surface area contributed by atoms with Crippen LogP contribution >= 0.6 is 0 Å². The fourth-order valence-electron chi connectivity index (χ4n) is 2.64. The van der Waals surface area contributed by atoms with E-state index in [1.807, 2.05) is 50.2 Å². The molecule has 0 aliphatic heterocycles. The molecule has 0 unspecified atom stereocenters. The van der Waals surface area contributed by atoms with Crippen molar-refractivity contribution in [3.8, 4) is 5.75 Å². The number of ether oxygens (including phenoxy) is 1. The summed E-state index contributed by atoms with van der Waals surface area (Å²) in [7, 11) is 0. The quantitative estimate of drug-likeness (QED) is 0.702. The number of fused-ring (bicyclic) bond motifs is 1. The zero-order valence-electron chi connectivity index (χ0n) is 14.3. The summed E-state index contributed by atoms with van der Waals surface area (Å²) in [5, 5.41) is 3.89. The predicted molar refractivity (Wildman–Crippen MR) is 99.7 cm³/mol. The first kappa shape index (κ1) is 16.6. The van der Waals surface area contributed by atoms with Crippen LogP contribution in [0.4, 0.5) is 5.69 Å². The zero-order valence-corrected chi connectivity index (χ0v) is 14.3. The van der Waals surface area contributed by atoms with Gasteiger partial charge in [-0.1, -0.05) is 42.5 Å². The van der Waals surface area contributed by atoms with Gasteiger partial charge in [-0.3, -0.25) is 4.79 Å². The molecule has 0 aliphatic carbocycles. The van der Waals surface area contributed by atoms with Gasteiger partial charge in [-0.15, -0.1) is 0 Å². The van der Waals surface area contributed by atoms with Gasteiger partial charge in [-0.2, -0.15) is 0 Å². The normalized spacial score (nSPS) is 10.6. The summed E-state index contributed by atoms with van der Waals surface area (Å²) in [6, 6.07) is 13.4. The standard InChI is InChI=1S/C20H20N2O3/c1-4-24-16-7-5-6-15-17(19(20(21)23)25-18(15)16)22-13(3)14-10-8-12(2)9-11-14/h5-11,22H,3-4H2,1-2H3,(H2,21,23). The van der Waals surface area contributed by atoms with Crippen molar-refractivity contribution in [3.05, 3.63) is 65.9 Å². The molecule has 1 aromatic heterocycles. The first-order chi connectivity index (χ1) is 12.0. The second-order valence-electron chi connectivity index (χ2n) is 5.71. The van der Waals surface area contributed by atoms with Gasteiger partial charge < -0.3 is 20.2 Å². The molecule has 0 fully saturated rings. The molecule has 1 heterocycles. The number of benzene rings is 2. The van der Waals surface area contributed by atoms with E-state index < -0.39 is 5.91 Å². The summed E-state index contributed by atoms with van der Waals surface area (Å²) in [6.45, 7) is 8.45. The minimum absolute atomic E-state index is 0.0513. The third-order valence-electron chi connectivity index (χ3n) is 3.88. The van der Waals surface area contributed by atoms with E-state index in [2.05, 4.69) is 11.9 Å². The van der Waals surface area contributed by atoms with Gasteiger partial charge >= 0.3 is 0 Å². The molecule has 0 aliphatic rings. The van der Waals surface area contributed by atoms with E-state index in [1.165, 1.54) is 0 Å². The number of furan rings is 1. The van der Waals surface area contributed by atoms with Crippen LogP contribution in [0, 0.1) is 6.92 Å². The lowest BCUT2D eigenvalue weighted by atomic mass is 10.1. The lowest BCUT2D eigenvalue weighted by molar-refractivity contribution is 0.0977. The number of anilines is 1. The maximum Gasteiger partial charge on any atom is 0.286 e. The highest BCUT2D eigenvalue weighted by molar-refractivity contribution is 6.08. The number of hydrogen-bond donors (Lipinski definition) is 2. The lowest BCUT2D eigenvalue weighted by Crippen LogP contribution is -2.12. The van der Waals surface area contributed by atoms with E-state index in [1.54, 1.807) is 6.07 Å². The van der Waals surface area contributed by atoms with Crippen molar-refractivity contribution < 1.29 is 13.9 Å². The zero-order chi connectivity index (χ0) is 18.0.